The Hall–Kier alpha value is -1.26. The summed E-state index contributed by atoms with van der Waals surface area (Å²) in [7, 11) is -7.75. The molecule has 0 amide bonds. The minimum absolute atomic E-state index is 0.391. The van der Waals surface area contributed by atoms with Gasteiger partial charge in [0.2, 0.25) is 0 Å². The number of Topliss-reactive ketones (excluding diaryl/α,β-unsaturated/α-hetero) is 1. The van der Waals surface area contributed by atoms with E-state index in [0.717, 1.165) is 18.6 Å². The average Bonchev–Trinajstić information content (AvgIpc) is 2.88. The summed E-state index contributed by atoms with van der Waals surface area (Å²) >= 11 is 0. The largest absolute Gasteiger partial charge is 0.743 e. The number of halogens is 17. The Labute approximate surface area is 255 Å². The van der Waals surface area contributed by atoms with Crippen molar-refractivity contribution in [1.82, 2.24) is 0 Å². The molecule has 0 aromatic heterocycles. The highest BCUT2D eigenvalue weighted by Gasteiger charge is 2.95. The van der Waals surface area contributed by atoms with Gasteiger partial charge >= 0.3 is 47.0 Å². The summed E-state index contributed by atoms with van der Waals surface area (Å²) in [5.41, 5.74) is 0. The maximum absolute atomic E-state index is 13.0. The third-order valence-corrected chi connectivity index (χ3v) is 9.35. The molecule has 46 heavy (non-hydrogen) atoms. The van der Waals surface area contributed by atoms with E-state index in [1.165, 1.54) is 50.0 Å². The molecule has 0 saturated heterocycles. The highest BCUT2D eigenvalue weighted by molar-refractivity contribution is 7.97. The molecule has 0 N–H and O–H groups in total. The molecule has 0 aliphatic carbocycles. The van der Waals surface area contributed by atoms with E-state index < -0.39 is 57.1 Å². The van der Waals surface area contributed by atoms with Crippen LogP contribution in [0, 0.1) is 0 Å². The van der Waals surface area contributed by atoms with Crippen molar-refractivity contribution in [1.29, 1.82) is 0 Å². The van der Waals surface area contributed by atoms with Gasteiger partial charge in [-0.3, -0.25) is 4.79 Å². The molecule has 0 unspecified atom stereocenters. The van der Waals surface area contributed by atoms with E-state index >= 15 is 0 Å². The molecular formula is C23H31F17O4S2. The van der Waals surface area contributed by atoms with Crippen molar-refractivity contribution in [3.63, 3.8) is 0 Å². The van der Waals surface area contributed by atoms with Crippen molar-refractivity contribution >= 4 is 26.8 Å². The second kappa shape index (κ2) is 16.4. The molecule has 0 fully saturated rings. The van der Waals surface area contributed by atoms with Crippen LogP contribution in [0.15, 0.2) is 0 Å². The van der Waals surface area contributed by atoms with Crippen LogP contribution in [-0.2, 0) is 25.8 Å². The van der Waals surface area contributed by atoms with Crippen LogP contribution in [0.2, 0.25) is 0 Å². The van der Waals surface area contributed by atoms with Crippen LogP contribution in [0.4, 0.5) is 74.6 Å². The van der Waals surface area contributed by atoms with Gasteiger partial charge < -0.3 is 4.55 Å². The zero-order valence-electron chi connectivity index (χ0n) is 24.2. The molecule has 0 saturated carbocycles. The fraction of sp³-hybridized carbons (Fsp3) is 0.957. The molecule has 0 bridgehead atoms. The van der Waals surface area contributed by atoms with E-state index in [1.807, 2.05) is 0 Å². The summed E-state index contributed by atoms with van der Waals surface area (Å²) in [5, 5.41) is -7.95. The fourth-order valence-corrected chi connectivity index (χ4v) is 6.05. The van der Waals surface area contributed by atoms with Gasteiger partial charge in [0.25, 0.3) is 0 Å². The van der Waals surface area contributed by atoms with Gasteiger partial charge in [-0.2, -0.15) is 74.6 Å². The lowest BCUT2D eigenvalue weighted by Crippen LogP contribution is -2.75. The summed E-state index contributed by atoms with van der Waals surface area (Å²) in [4.78, 5) is 11.9. The first-order valence-electron chi connectivity index (χ1n) is 13.1. The van der Waals surface area contributed by atoms with Crippen LogP contribution in [0.3, 0.4) is 0 Å². The van der Waals surface area contributed by atoms with Gasteiger partial charge in [-0.25, -0.2) is 8.42 Å². The summed E-state index contributed by atoms with van der Waals surface area (Å²) in [5.74, 6) is -48.2. The summed E-state index contributed by atoms with van der Waals surface area (Å²) in [6.07, 6.45) is 1.59. The Bertz CT molecular complexity index is 1050. The minimum atomic E-state index is -8.92. The van der Waals surface area contributed by atoms with E-state index in [1.54, 1.807) is 0 Å². The number of hydrogen-bond acceptors (Lipinski definition) is 4. The van der Waals surface area contributed by atoms with E-state index in [9.17, 15) is 92.4 Å². The maximum atomic E-state index is 13.0. The molecule has 278 valence electrons. The third-order valence-electron chi connectivity index (χ3n) is 6.00. The van der Waals surface area contributed by atoms with Crippen LogP contribution in [0.25, 0.3) is 0 Å². The topological polar surface area (TPSA) is 74.3 Å². The molecule has 0 aromatic rings. The van der Waals surface area contributed by atoms with E-state index in [4.69, 9.17) is 0 Å². The average molecular weight is 759 g/mol. The first-order valence-corrected chi connectivity index (χ1v) is 16.2. The zero-order valence-corrected chi connectivity index (χ0v) is 25.8. The number of carbonyl (C=O) groups excluding carboxylic acids is 1. The molecule has 23 heteroatoms. The SMILES string of the molecule is CCCCCC(=O)C[S+](CCCC)CCCC.O=S(=O)([O-])C(F)(F)C(F)(F)C(F)(F)C(F)(F)C(F)(F)C(F)(F)C(F)(F)C(F)(F)F. The molecule has 0 radical (unpaired) electrons. The first-order chi connectivity index (χ1) is 20.2. The fourth-order valence-electron chi connectivity index (χ4n) is 3.12. The summed E-state index contributed by atoms with van der Waals surface area (Å²) in [6.45, 7) is 6.67. The lowest BCUT2D eigenvalue weighted by atomic mass is 9.91. The van der Waals surface area contributed by atoms with Crippen LogP contribution < -0.4 is 0 Å². The Kier molecular flexibility index (Phi) is 16.7. The van der Waals surface area contributed by atoms with Crippen LogP contribution in [0.1, 0.15) is 72.1 Å². The Morgan fingerprint density at radius 2 is 0.870 bits per heavy atom. The predicted octanol–water partition coefficient (Wildman–Crippen LogP) is 8.85. The molecule has 0 spiro atoms. The maximum Gasteiger partial charge on any atom is 0.460 e. The van der Waals surface area contributed by atoms with Crippen molar-refractivity contribution < 1.29 is 92.4 Å². The number of ketones is 1. The van der Waals surface area contributed by atoms with Crippen molar-refractivity contribution in [3.05, 3.63) is 0 Å². The Balaban J connectivity index is 0. The van der Waals surface area contributed by atoms with Crippen molar-refractivity contribution in [2.75, 3.05) is 17.3 Å². The van der Waals surface area contributed by atoms with Crippen LogP contribution in [-0.4, -0.2) is 83.0 Å². The first kappa shape index (κ1) is 46.9. The van der Waals surface area contributed by atoms with Crippen molar-refractivity contribution in [2.24, 2.45) is 0 Å². The summed E-state index contributed by atoms with van der Waals surface area (Å²) < 4.78 is 244. The second-order valence-electron chi connectivity index (χ2n) is 9.78. The molecule has 4 nitrogen and oxygen atoms in total. The van der Waals surface area contributed by atoms with Gasteiger partial charge in [0.1, 0.15) is 11.5 Å². The van der Waals surface area contributed by atoms with E-state index in [2.05, 4.69) is 20.8 Å². The number of carbonyl (C=O) groups is 1. The monoisotopic (exact) mass is 758 g/mol. The molecular weight excluding hydrogens is 727 g/mol. The second-order valence-corrected chi connectivity index (χ2v) is 13.5. The van der Waals surface area contributed by atoms with Crippen molar-refractivity contribution in [2.45, 2.75) is 119 Å². The lowest BCUT2D eigenvalue weighted by molar-refractivity contribution is -0.458. The lowest BCUT2D eigenvalue weighted by Gasteiger charge is -2.42. The minimum Gasteiger partial charge on any atom is -0.743 e. The predicted molar refractivity (Wildman–Crippen MR) is 131 cm³/mol. The molecule has 0 atom stereocenters. The van der Waals surface area contributed by atoms with Gasteiger partial charge in [-0.15, -0.1) is 0 Å². The number of alkyl halides is 17. The molecule has 0 aliphatic heterocycles. The third kappa shape index (κ3) is 9.67. The Morgan fingerprint density at radius 3 is 1.17 bits per heavy atom. The molecule has 0 rings (SSSR count). The smallest absolute Gasteiger partial charge is 0.460 e. The standard InChI is InChI=1S/C15H31OS.C8HF17O3S/c1-4-7-10-11-15(16)14-17(12-8-5-2)13-9-6-3;9-1(10,3(13,14)5(17,18)7(21,22)23)2(11,12)4(15,16)6(19,20)8(24,25)29(26,27)28/h4-14H2,1-3H3;(H,26,27,28)/q+1;/p-1. The van der Waals surface area contributed by atoms with Gasteiger partial charge in [-0.1, -0.05) is 46.5 Å². The highest BCUT2D eigenvalue weighted by atomic mass is 32.2. The van der Waals surface area contributed by atoms with Gasteiger partial charge in [0.05, 0.1) is 0 Å². The molecule has 0 heterocycles. The molecule has 0 aromatic carbocycles. The number of hydrogen-bond donors (Lipinski definition) is 0. The van der Waals surface area contributed by atoms with Gasteiger partial charge in [0.15, 0.2) is 21.7 Å². The number of unbranched alkanes of at least 4 members (excludes halogenated alkanes) is 4. The molecule has 0 aliphatic rings. The van der Waals surface area contributed by atoms with Gasteiger partial charge in [0, 0.05) is 6.42 Å². The quantitative estimate of drug-likeness (QED) is 0.0572. The summed E-state index contributed by atoms with van der Waals surface area (Å²) in [6, 6.07) is 0. The van der Waals surface area contributed by atoms with Crippen LogP contribution in [0.5, 0.6) is 0 Å². The van der Waals surface area contributed by atoms with E-state index in [0.29, 0.717) is 16.7 Å². The van der Waals surface area contributed by atoms with Gasteiger partial charge in [-0.05, 0) is 30.2 Å². The number of rotatable bonds is 19. The van der Waals surface area contributed by atoms with Crippen LogP contribution >= 0.6 is 0 Å². The zero-order chi connectivity index (χ0) is 37.4. The van der Waals surface area contributed by atoms with Crippen molar-refractivity contribution in [3.8, 4) is 0 Å². The van der Waals surface area contributed by atoms with E-state index in [-0.39, 0.29) is 0 Å². The normalized spacial score (nSPS) is 14.7. The Morgan fingerprint density at radius 1 is 0.543 bits per heavy atom. The highest BCUT2D eigenvalue weighted by Crippen LogP contribution is 2.64.